The first-order valence-electron chi connectivity index (χ1n) is 6.73. The van der Waals surface area contributed by atoms with Gasteiger partial charge in [0.2, 0.25) is 5.91 Å². The third-order valence-electron chi connectivity index (χ3n) is 3.09. The lowest BCUT2D eigenvalue weighted by molar-refractivity contribution is -0.121. The number of amides is 1. The van der Waals surface area contributed by atoms with Gasteiger partial charge in [0.15, 0.2) is 0 Å². The molecule has 0 saturated heterocycles. The summed E-state index contributed by atoms with van der Waals surface area (Å²) in [5.41, 5.74) is 8.48. The third kappa shape index (κ3) is 4.42. The molecule has 1 aromatic carbocycles. The number of hydrogen-bond acceptors (Lipinski definition) is 3. The zero-order chi connectivity index (χ0) is 14.4. The van der Waals surface area contributed by atoms with E-state index in [0.717, 1.165) is 29.8 Å². The molecule has 0 aliphatic heterocycles. The van der Waals surface area contributed by atoms with Crippen molar-refractivity contribution in [2.45, 2.75) is 19.3 Å². The summed E-state index contributed by atoms with van der Waals surface area (Å²) in [4.78, 5) is 11.7. The minimum atomic E-state index is 0.0674. The molecule has 3 N–H and O–H groups in total. The number of nitrogens with zero attached hydrogens (tertiary/aromatic N) is 2. The van der Waals surface area contributed by atoms with Gasteiger partial charge in [-0.25, -0.2) is 0 Å². The zero-order valence-corrected chi connectivity index (χ0v) is 11.7. The molecule has 0 spiro atoms. The summed E-state index contributed by atoms with van der Waals surface area (Å²) in [5, 5.41) is 7.17. The van der Waals surface area contributed by atoms with E-state index in [0.29, 0.717) is 13.0 Å². The van der Waals surface area contributed by atoms with E-state index in [1.165, 1.54) is 0 Å². The molecule has 1 aromatic heterocycles. The Morgan fingerprint density at radius 3 is 2.65 bits per heavy atom. The van der Waals surface area contributed by atoms with Crippen molar-refractivity contribution >= 4 is 11.6 Å². The second-order valence-corrected chi connectivity index (χ2v) is 4.82. The number of nitrogens with two attached hydrogens (primary N) is 1. The molecule has 5 heteroatoms. The molecule has 1 amide bonds. The predicted octanol–water partition coefficient (Wildman–Crippen LogP) is 1.29. The SMILES string of the molecule is Cn1ccc(CCNC(=O)CCc2ccc(N)cc2)n1. The molecule has 20 heavy (non-hydrogen) atoms. The molecule has 0 radical (unpaired) electrons. The van der Waals surface area contributed by atoms with Gasteiger partial charge in [-0.1, -0.05) is 12.1 Å². The lowest BCUT2D eigenvalue weighted by Gasteiger charge is -2.04. The molecule has 5 nitrogen and oxygen atoms in total. The van der Waals surface area contributed by atoms with Gasteiger partial charge in [-0.05, 0) is 30.2 Å². The maximum Gasteiger partial charge on any atom is 0.220 e. The molecule has 0 aliphatic rings. The Bertz CT molecular complexity index is 560. The van der Waals surface area contributed by atoms with Gasteiger partial charge < -0.3 is 11.1 Å². The molecule has 0 atom stereocenters. The van der Waals surface area contributed by atoms with E-state index >= 15 is 0 Å². The van der Waals surface area contributed by atoms with Crippen LogP contribution < -0.4 is 11.1 Å². The number of hydrogen-bond donors (Lipinski definition) is 2. The first-order chi connectivity index (χ1) is 9.63. The van der Waals surface area contributed by atoms with Crippen LogP contribution in [0.2, 0.25) is 0 Å². The maximum absolute atomic E-state index is 11.7. The quantitative estimate of drug-likeness (QED) is 0.778. The van der Waals surface area contributed by atoms with Crippen LogP contribution in [0.25, 0.3) is 0 Å². The Balaban J connectivity index is 1.66. The van der Waals surface area contributed by atoms with Crippen molar-refractivity contribution in [1.82, 2.24) is 15.1 Å². The maximum atomic E-state index is 11.7. The van der Waals surface area contributed by atoms with Gasteiger partial charge in [0, 0.05) is 38.3 Å². The van der Waals surface area contributed by atoms with Crippen molar-refractivity contribution in [2.75, 3.05) is 12.3 Å². The van der Waals surface area contributed by atoms with E-state index in [1.54, 1.807) is 4.68 Å². The lowest BCUT2D eigenvalue weighted by atomic mass is 10.1. The number of rotatable bonds is 6. The van der Waals surface area contributed by atoms with E-state index in [-0.39, 0.29) is 5.91 Å². The van der Waals surface area contributed by atoms with Crippen molar-refractivity contribution in [1.29, 1.82) is 0 Å². The fourth-order valence-electron chi connectivity index (χ4n) is 1.96. The first-order valence-corrected chi connectivity index (χ1v) is 6.73. The molecule has 0 unspecified atom stereocenters. The van der Waals surface area contributed by atoms with Crippen molar-refractivity contribution < 1.29 is 4.79 Å². The van der Waals surface area contributed by atoms with Crippen LogP contribution in [0, 0.1) is 0 Å². The minimum Gasteiger partial charge on any atom is -0.399 e. The number of aryl methyl sites for hydroxylation is 2. The molecule has 0 saturated carbocycles. The minimum absolute atomic E-state index is 0.0674. The van der Waals surface area contributed by atoms with Crippen LogP contribution in [0.4, 0.5) is 5.69 Å². The number of nitrogens with one attached hydrogen (secondary N) is 1. The molecule has 2 aromatic rings. The van der Waals surface area contributed by atoms with E-state index < -0.39 is 0 Å². The normalized spacial score (nSPS) is 10.4. The van der Waals surface area contributed by atoms with Gasteiger partial charge in [0.25, 0.3) is 0 Å². The van der Waals surface area contributed by atoms with Crippen LogP contribution in [0.15, 0.2) is 36.5 Å². The van der Waals surface area contributed by atoms with Gasteiger partial charge in [-0.3, -0.25) is 9.48 Å². The summed E-state index contributed by atoms with van der Waals surface area (Å²) < 4.78 is 1.76. The lowest BCUT2D eigenvalue weighted by Crippen LogP contribution is -2.26. The van der Waals surface area contributed by atoms with E-state index in [9.17, 15) is 4.79 Å². The Hall–Kier alpha value is -2.30. The summed E-state index contributed by atoms with van der Waals surface area (Å²) in [6.45, 7) is 0.623. The number of carbonyl (C=O) groups is 1. The highest BCUT2D eigenvalue weighted by molar-refractivity contribution is 5.76. The Kier molecular flexibility index (Phi) is 4.76. The fraction of sp³-hybridized carbons (Fsp3) is 0.333. The highest BCUT2D eigenvalue weighted by Gasteiger charge is 2.03. The number of anilines is 1. The second-order valence-electron chi connectivity index (χ2n) is 4.82. The van der Waals surface area contributed by atoms with E-state index in [2.05, 4.69) is 10.4 Å². The van der Waals surface area contributed by atoms with Gasteiger partial charge in [-0.15, -0.1) is 0 Å². The highest BCUT2D eigenvalue weighted by Crippen LogP contribution is 2.07. The summed E-state index contributed by atoms with van der Waals surface area (Å²) in [6, 6.07) is 9.58. The first kappa shape index (κ1) is 14.1. The van der Waals surface area contributed by atoms with Crippen LogP contribution in [0.5, 0.6) is 0 Å². The van der Waals surface area contributed by atoms with Gasteiger partial charge in [-0.2, -0.15) is 5.10 Å². The van der Waals surface area contributed by atoms with Crippen LogP contribution in [0.1, 0.15) is 17.7 Å². The smallest absolute Gasteiger partial charge is 0.220 e. The molecule has 0 fully saturated rings. The molecule has 1 heterocycles. The summed E-state index contributed by atoms with van der Waals surface area (Å²) in [6.07, 6.45) is 3.88. The van der Waals surface area contributed by atoms with Crippen LogP contribution in [0.3, 0.4) is 0 Å². The second kappa shape index (κ2) is 6.75. The average molecular weight is 272 g/mol. The number of aromatic nitrogens is 2. The highest BCUT2D eigenvalue weighted by atomic mass is 16.1. The van der Waals surface area contributed by atoms with Crippen molar-refractivity contribution in [3.05, 3.63) is 47.8 Å². The third-order valence-corrected chi connectivity index (χ3v) is 3.09. The van der Waals surface area contributed by atoms with Crippen molar-refractivity contribution in [3.63, 3.8) is 0 Å². The molecule has 2 rings (SSSR count). The largest absolute Gasteiger partial charge is 0.399 e. The van der Waals surface area contributed by atoms with Crippen LogP contribution in [-0.4, -0.2) is 22.2 Å². The fourth-order valence-corrected chi connectivity index (χ4v) is 1.96. The standard InChI is InChI=1S/C15H20N4O/c1-19-11-9-14(18-19)8-10-17-15(20)7-4-12-2-5-13(16)6-3-12/h2-3,5-6,9,11H,4,7-8,10,16H2,1H3,(H,17,20). The Morgan fingerprint density at radius 1 is 1.25 bits per heavy atom. The predicted molar refractivity (Wildman–Crippen MR) is 79.1 cm³/mol. The van der Waals surface area contributed by atoms with Crippen LogP contribution >= 0.6 is 0 Å². The summed E-state index contributed by atoms with van der Waals surface area (Å²) in [5.74, 6) is 0.0674. The number of nitrogen functional groups attached to an aromatic ring is 1. The van der Waals surface area contributed by atoms with Gasteiger partial charge >= 0.3 is 0 Å². The van der Waals surface area contributed by atoms with E-state index in [1.807, 2.05) is 43.6 Å². The Labute approximate surface area is 118 Å². The van der Waals surface area contributed by atoms with E-state index in [4.69, 9.17) is 5.73 Å². The van der Waals surface area contributed by atoms with Crippen LogP contribution in [-0.2, 0) is 24.7 Å². The molecule has 106 valence electrons. The monoisotopic (exact) mass is 272 g/mol. The number of benzene rings is 1. The van der Waals surface area contributed by atoms with Crippen molar-refractivity contribution in [3.8, 4) is 0 Å². The number of carbonyl (C=O) groups excluding carboxylic acids is 1. The summed E-state index contributed by atoms with van der Waals surface area (Å²) >= 11 is 0. The molecular weight excluding hydrogens is 252 g/mol. The Morgan fingerprint density at radius 2 is 2.00 bits per heavy atom. The topological polar surface area (TPSA) is 72.9 Å². The summed E-state index contributed by atoms with van der Waals surface area (Å²) in [7, 11) is 1.88. The molecular formula is C15H20N4O. The van der Waals surface area contributed by atoms with Gasteiger partial charge in [0.05, 0.1) is 5.69 Å². The molecule has 0 aliphatic carbocycles. The zero-order valence-electron chi connectivity index (χ0n) is 11.7. The molecule has 0 bridgehead atoms. The van der Waals surface area contributed by atoms with Crippen molar-refractivity contribution in [2.24, 2.45) is 7.05 Å². The van der Waals surface area contributed by atoms with Gasteiger partial charge in [0.1, 0.15) is 0 Å². The average Bonchev–Trinajstić information content (AvgIpc) is 2.84.